The van der Waals surface area contributed by atoms with Gasteiger partial charge in [0.15, 0.2) is 0 Å². The number of hydrogen-bond donors (Lipinski definition) is 0. The van der Waals surface area contributed by atoms with Crippen LogP contribution in [0.3, 0.4) is 0 Å². The number of halogens is 3. The van der Waals surface area contributed by atoms with Crippen molar-refractivity contribution in [1.29, 1.82) is 0 Å². The summed E-state index contributed by atoms with van der Waals surface area (Å²) in [6.45, 7) is 4.50. The average molecular weight is 369 g/mol. The zero-order chi connectivity index (χ0) is 12.1. The van der Waals surface area contributed by atoms with Crippen LogP contribution in [0.1, 0.15) is 32.3 Å². The Morgan fingerprint density at radius 2 is 2.00 bits per heavy atom. The van der Waals surface area contributed by atoms with Crippen LogP contribution in [0.4, 0.5) is 0 Å². The largest absolute Gasteiger partial charge is 0.0890 e. The van der Waals surface area contributed by atoms with Crippen LogP contribution in [0, 0.1) is 5.92 Å². The van der Waals surface area contributed by atoms with E-state index in [0.29, 0.717) is 4.83 Å². The van der Waals surface area contributed by atoms with Gasteiger partial charge in [0.25, 0.3) is 0 Å². The van der Waals surface area contributed by atoms with Crippen molar-refractivity contribution in [2.24, 2.45) is 5.92 Å². The lowest BCUT2D eigenvalue weighted by molar-refractivity contribution is 0.554. The Balaban J connectivity index is 2.48. The Labute approximate surface area is 120 Å². The minimum Gasteiger partial charge on any atom is -0.0890 e. The predicted octanol–water partition coefficient (Wildman–Crippen LogP) is 5.84. The molecule has 0 fully saturated rings. The molecule has 0 radical (unpaired) electrons. The molecule has 0 N–H and O–H groups in total. The summed E-state index contributed by atoms with van der Waals surface area (Å²) in [7, 11) is 0. The fourth-order valence-electron chi connectivity index (χ4n) is 1.67. The van der Waals surface area contributed by atoms with Gasteiger partial charge in [-0.2, -0.15) is 0 Å². The fraction of sp³-hybridized carbons (Fsp3) is 0.538. The Morgan fingerprint density at radius 3 is 2.56 bits per heavy atom. The average Bonchev–Trinajstić information content (AvgIpc) is 2.15. The highest BCUT2D eigenvalue weighted by Gasteiger charge is 2.08. The molecular weight excluding hydrogens is 351 g/mol. The SMILES string of the molecule is CC(C)CC(Br)CCc1ccc(Br)cc1Cl. The zero-order valence-corrected chi connectivity index (χ0v) is 13.6. The minimum atomic E-state index is 0.590. The molecule has 0 heterocycles. The topological polar surface area (TPSA) is 0 Å². The Kier molecular flexibility index (Phi) is 6.38. The maximum Gasteiger partial charge on any atom is 0.0449 e. The van der Waals surface area contributed by atoms with Gasteiger partial charge in [-0.25, -0.2) is 0 Å². The Bertz CT molecular complexity index is 337. The number of benzene rings is 1. The van der Waals surface area contributed by atoms with E-state index in [1.165, 1.54) is 12.0 Å². The van der Waals surface area contributed by atoms with Gasteiger partial charge in [-0.05, 0) is 42.9 Å². The monoisotopic (exact) mass is 366 g/mol. The Morgan fingerprint density at radius 1 is 1.31 bits per heavy atom. The second kappa shape index (κ2) is 7.03. The van der Waals surface area contributed by atoms with Crippen LogP contribution in [0.15, 0.2) is 22.7 Å². The van der Waals surface area contributed by atoms with Gasteiger partial charge in [0.2, 0.25) is 0 Å². The van der Waals surface area contributed by atoms with Gasteiger partial charge < -0.3 is 0 Å². The summed E-state index contributed by atoms with van der Waals surface area (Å²) < 4.78 is 1.04. The summed E-state index contributed by atoms with van der Waals surface area (Å²) in [4.78, 5) is 0.590. The second-order valence-electron chi connectivity index (χ2n) is 4.50. The van der Waals surface area contributed by atoms with E-state index >= 15 is 0 Å². The summed E-state index contributed by atoms with van der Waals surface area (Å²) in [5.74, 6) is 0.741. The van der Waals surface area contributed by atoms with Crippen LogP contribution in [-0.2, 0) is 6.42 Å². The number of hydrogen-bond acceptors (Lipinski definition) is 0. The molecule has 1 rings (SSSR count). The van der Waals surface area contributed by atoms with Gasteiger partial charge in [-0.15, -0.1) is 0 Å². The first-order valence-electron chi connectivity index (χ1n) is 5.57. The van der Waals surface area contributed by atoms with Gasteiger partial charge in [0, 0.05) is 14.3 Å². The van der Waals surface area contributed by atoms with Crippen LogP contribution < -0.4 is 0 Å². The van der Waals surface area contributed by atoms with Crippen molar-refractivity contribution < 1.29 is 0 Å². The van der Waals surface area contributed by atoms with E-state index < -0.39 is 0 Å². The van der Waals surface area contributed by atoms with E-state index in [1.54, 1.807) is 0 Å². The number of alkyl halides is 1. The van der Waals surface area contributed by atoms with E-state index in [4.69, 9.17) is 11.6 Å². The van der Waals surface area contributed by atoms with Crippen LogP contribution >= 0.6 is 43.5 Å². The molecule has 1 atom stereocenters. The molecule has 0 saturated carbocycles. The quantitative estimate of drug-likeness (QED) is 0.572. The van der Waals surface area contributed by atoms with Crippen molar-refractivity contribution in [2.45, 2.75) is 37.9 Å². The molecule has 0 saturated heterocycles. The molecule has 3 heteroatoms. The first-order valence-corrected chi connectivity index (χ1v) is 7.65. The third kappa shape index (κ3) is 5.20. The maximum absolute atomic E-state index is 6.17. The van der Waals surface area contributed by atoms with Crippen molar-refractivity contribution in [3.05, 3.63) is 33.3 Å². The lowest BCUT2D eigenvalue weighted by atomic mass is 10.0. The smallest absolute Gasteiger partial charge is 0.0449 e. The van der Waals surface area contributed by atoms with Crippen molar-refractivity contribution in [1.82, 2.24) is 0 Å². The molecule has 0 amide bonds. The van der Waals surface area contributed by atoms with Crippen LogP contribution in [0.2, 0.25) is 5.02 Å². The van der Waals surface area contributed by atoms with E-state index in [-0.39, 0.29) is 0 Å². The molecule has 1 unspecified atom stereocenters. The molecule has 1 aromatic carbocycles. The van der Waals surface area contributed by atoms with Crippen LogP contribution in [0.25, 0.3) is 0 Å². The third-order valence-electron chi connectivity index (χ3n) is 2.47. The normalized spacial score (nSPS) is 13.1. The van der Waals surface area contributed by atoms with Crippen molar-refractivity contribution in [2.75, 3.05) is 0 Å². The third-order valence-corrected chi connectivity index (χ3v) is 4.15. The lowest BCUT2D eigenvalue weighted by Gasteiger charge is -2.12. The molecule has 90 valence electrons. The molecule has 0 aliphatic heterocycles. The first kappa shape index (κ1) is 14.5. The highest BCUT2D eigenvalue weighted by molar-refractivity contribution is 9.10. The van der Waals surface area contributed by atoms with E-state index in [9.17, 15) is 0 Å². The van der Waals surface area contributed by atoms with Crippen LogP contribution in [0.5, 0.6) is 0 Å². The number of aryl methyl sites for hydroxylation is 1. The molecule has 0 bridgehead atoms. The molecular formula is C13H17Br2Cl. The van der Waals surface area contributed by atoms with E-state index in [0.717, 1.165) is 28.3 Å². The second-order valence-corrected chi connectivity index (χ2v) is 7.12. The molecule has 1 aromatic rings. The molecule has 0 aliphatic carbocycles. The fourth-order valence-corrected chi connectivity index (χ4v) is 3.41. The van der Waals surface area contributed by atoms with Gasteiger partial charge in [-0.1, -0.05) is 63.4 Å². The standard InChI is InChI=1S/C13H17Br2Cl/c1-9(2)7-11(14)5-3-10-4-6-12(15)8-13(10)16/h4,6,8-9,11H,3,5,7H2,1-2H3. The van der Waals surface area contributed by atoms with Gasteiger partial charge >= 0.3 is 0 Å². The molecule has 0 spiro atoms. The molecule has 16 heavy (non-hydrogen) atoms. The van der Waals surface area contributed by atoms with E-state index in [1.807, 2.05) is 12.1 Å². The summed E-state index contributed by atoms with van der Waals surface area (Å²) in [5, 5.41) is 0.860. The summed E-state index contributed by atoms with van der Waals surface area (Å²) >= 11 is 13.3. The van der Waals surface area contributed by atoms with E-state index in [2.05, 4.69) is 51.8 Å². The highest BCUT2D eigenvalue weighted by Crippen LogP contribution is 2.25. The first-order chi connectivity index (χ1) is 7.49. The van der Waals surface area contributed by atoms with Gasteiger partial charge in [-0.3, -0.25) is 0 Å². The summed E-state index contributed by atoms with van der Waals surface area (Å²) in [6.07, 6.45) is 3.39. The molecule has 0 nitrogen and oxygen atoms in total. The highest BCUT2D eigenvalue weighted by atomic mass is 79.9. The summed E-state index contributed by atoms with van der Waals surface area (Å²) in [5.41, 5.74) is 1.23. The minimum absolute atomic E-state index is 0.590. The molecule has 0 aliphatic rings. The van der Waals surface area contributed by atoms with Gasteiger partial charge in [0.05, 0.1) is 0 Å². The van der Waals surface area contributed by atoms with Crippen LogP contribution in [-0.4, -0.2) is 4.83 Å². The number of rotatable bonds is 5. The Hall–Kier alpha value is 0.470. The molecule has 0 aromatic heterocycles. The van der Waals surface area contributed by atoms with Gasteiger partial charge in [0.1, 0.15) is 0 Å². The van der Waals surface area contributed by atoms with Crippen molar-refractivity contribution >= 4 is 43.5 Å². The summed E-state index contributed by atoms with van der Waals surface area (Å²) in [6, 6.07) is 6.11. The predicted molar refractivity (Wildman–Crippen MR) is 79.6 cm³/mol. The zero-order valence-electron chi connectivity index (χ0n) is 9.64. The maximum atomic E-state index is 6.17. The van der Waals surface area contributed by atoms with Crippen molar-refractivity contribution in [3.8, 4) is 0 Å². The van der Waals surface area contributed by atoms with Crippen molar-refractivity contribution in [3.63, 3.8) is 0 Å². The lowest BCUT2D eigenvalue weighted by Crippen LogP contribution is -2.04.